The van der Waals surface area contributed by atoms with E-state index in [4.69, 9.17) is 11.6 Å². The zero-order chi connectivity index (χ0) is 12.3. The molecule has 0 aliphatic rings. The Kier molecular flexibility index (Phi) is 3.76. The van der Waals surface area contributed by atoms with Crippen LogP contribution in [0.5, 0.6) is 0 Å². The van der Waals surface area contributed by atoms with Gasteiger partial charge in [0.05, 0.1) is 6.54 Å². The number of anilines is 1. The van der Waals surface area contributed by atoms with Gasteiger partial charge in [0, 0.05) is 17.3 Å². The first-order chi connectivity index (χ1) is 8.20. The van der Waals surface area contributed by atoms with Gasteiger partial charge < -0.3 is 4.90 Å². The molecule has 0 aliphatic carbocycles. The second kappa shape index (κ2) is 5.29. The van der Waals surface area contributed by atoms with Gasteiger partial charge in [0.1, 0.15) is 5.82 Å². The van der Waals surface area contributed by atoms with E-state index in [1.54, 1.807) is 18.6 Å². The topological polar surface area (TPSA) is 29.0 Å². The predicted octanol–water partition coefficient (Wildman–Crippen LogP) is 3.65. The van der Waals surface area contributed by atoms with E-state index in [1.165, 1.54) is 11.3 Å². The molecule has 0 atom stereocenters. The van der Waals surface area contributed by atoms with Gasteiger partial charge in [0.15, 0.2) is 4.47 Å². The van der Waals surface area contributed by atoms with Crippen LogP contribution in [-0.2, 0) is 6.54 Å². The molecule has 0 aliphatic heterocycles. The van der Waals surface area contributed by atoms with E-state index in [9.17, 15) is 0 Å². The molecule has 5 heteroatoms. The molecule has 0 saturated carbocycles. The molecule has 0 radical (unpaired) electrons. The Labute approximate surface area is 109 Å². The van der Waals surface area contributed by atoms with Crippen LogP contribution in [0.3, 0.4) is 0 Å². The minimum Gasteiger partial charge on any atom is -0.328 e. The average Bonchev–Trinajstić information content (AvgIpc) is 2.73. The molecule has 3 nitrogen and oxygen atoms in total. The van der Waals surface area contributed by atoms with Gasteiger partial charge in [0.2, 0.25) is 0 Å². The summed E-state index contributed by atoms with van der Waals surface area (Å²) in [6.07, 6.45) is 5.32. The summed E-state index contributed by atoms with van der Waals surface area (Å²) in [5.41, 5.74) is 1.11. The van der Waals surface area contributed by atoms with Crippen molar-refractivity contribution in [1.29, 1.82) is 0 Å². The summed E-state index contributed by atoms with van der Waals surface area (Å²) in [5.74, 6) is 0.909. The maximum atomic E-state index is 5.81. The Morgan fingerprint density at radius 3 is 2.94 bits per heavy atom. The van der Waals surface area contributed by atoms with Crippen molar-refractivity contribution >= 4 is 28.8 Å². The number of thiazole rings is 1. The summed E-state index contributed by atoms with van der Waals surface area (Å²) in [6, 6.07) is 3.95. The van der Waals surface area contributed by atoms with Crippen molar-refractivity contribution in [3.63, 3.8) is 0 Å². The fourth-order valence-corrected chi connectivity index (χ4v) is 2.51. The van der Waals surface area contributed by atoms with Crippen LogP contribution in [0.4, 0.5) is 5.82 Å². The van der Waals surface area contributed by atoms with Crippen LogP contribution in [0.2, 0.25) is 4.47 Å². The van der Waals surface area contributed by atoms with Crippen LogP contribution in [0.25, 0.3) is 0 Å². The van der Waals surface area contributed by atoms with Crippen LogP contribution >= 0.6 is 22.9 Å². The lowest BCUT2D eigenvalue weighted by Crippen LogP contribution is -2.16. The van der Waals surface area contributed by atoms with E-state index in [1.807, 2.05) is 24.0 Å². The van der Waals surface area contributed by atoms with Crippen LogP contribution in [0.15, 0.2) is 37.3 Å². The maximum absolute atomic E-state index is 5.81. The van der Waals surface area contributed by atoms with E-state index in [0.29, 0.717) is 11.0 Å². The van der Waals surface area contributed by atoms with E-state index in [2.05, 4.69) is 16.5 Å². The monoisotopic (exact) mass is 265 g/mol. The lowest BCUT2D eigenvalue weighted by atomic mass is 10.2. The molecule has 2 rings (SSSR count). The van der Waals surface area contributed by atoms with E-state index in [0.717, 1.165) is 16.3 Å². The molecule has 0 saturated heterocycles. The highest BCUT2D eigenvalue weighted by Gasteiger charge is 2.09. The molecule has 0 spiro atoms. The first-order valence-corrected chi connectivity index (χ1v) is 6.31. The quantitative estimate of drug-likeness (QED) is 0.845. The molecular formula is C12H12ClN3S. The lowest BCUT2D eigenvalue weighted by molar-refractivity contribution is 0.946. The average molecular weight is 266 g/mol. The van der Waals surface area contributed by atoms with Gasteiger partial charge in [-0.2, -0.15) is 0 Å². The number of nitrogens with zero attached hydrogens (tertiary/aromatic N) is 3. The van der Waals surface area contributed by atoms with E-state index >= 15 is 0 Å². The Bertz CT molecular complexity index is 524. The van der Waals surface area contributed by atoms with E-state index < -0.39 is 0 Å². The Hall–Kier alpha value is -1.39. The summed E-state index contributed by atoms with van der Waals surface area (Å²) in [7, 11) is 0. The third-order valence-corrected chi connectivity index (χ3v) is 3.43. The SMILES string of the molecule is C=CN(Cc1cnc(Cl)s1)c1ncccc1C. The predicted molar refractivity (Wildman–Crippen MR) is 72.5 cm³/mol. The molecule has 0 unspecified atom stereocenters. The van der Waals surface area contributed by atoms with Crippen LogP contribution in [-0.4, -0.2) is 9.97 Å². The van der Waals surface area contributed by atoms with E-state index in [-0.39, 0.29) is 0 Å². The van der Waals surface area contributed by atoms with Gasteiger partial charge >= 0.3 is 0 Å². The number of hydrogen-bond acceptors (Lipinski definition) is 4. The van der Waals surface area contributed by atoms with Crippen molar-refractivity contribution < 1.29 is 0 Å². The number of rotatable bonds is 4. The second-order valence-corrected chi connectivity index (χ2v) is 5.23. The maximum Gasteiger partial charge on any atom is 0.183 e. The van der Waals surface area contributed by atoms with Crippen molar-refractivity contribution in [2.24, 2.45) is 0 Å². The molecule has 88 valence electrons. The number of aryl methyl sites for hydroxylation is 1. The molecule has 17 heavy (non-hydrogen) atoms. The molecule has 2 aromatic rings. The molecule has 0 aromatic carbocycles. The highest BCUT2D eigenvalue weighted by molar-refractivity contribution is 7.15. The molecule has 0 bridgehead atoms. The van der Waals surface area contributed by atoms with Gasteiger partial charge in [-0.1, -0.05) is 24.2 Å². The number of hydrogen-bond donors (Lipinski definition) is 0. The Morgan fingerprint density at radius 1 is 1.53 bits per heavy atom. The van der Waals surface area contributed by atoms with Gasteiger partial charge in [0.25, 0.3) is 0 Å². The number of pyridine rings is 1. The van der Waals surface area contributed by atoms with Gasteiger partial charge in [-0.3, -0.25) is 0 Å². The highest BCUT2D eigenvalue weighted by atomic mass is 35.5. The summed E-state index contributed by atoms with van der Waals surface area (Å²) < 4.78 is 0.557. The Morgan fingerprint density at radius 2 is 2.35 bits per heavy atom. The lowest BCUT2D eigenvalue weighted by Gasteiger charge is -2.19. The molecular weight excluding hydrogens is 254 g/mol. The molecule has 2 aromatic heterocycles. The standard InChI is InChI=1S/C12H12ClN3S/c1-3-16(8-10-7-15-12(13)17-10)11-9(2)5-4-6-14-11/h3-7H,1,8H2,2H3. The van der Waals surface area contributed by atoms with Gasteiger partial charge in [-0.15, -0.1) is 11.3 Å². The van der Waals surface area contributed by atoms with Crippen molar-refractivity contribution in [2.75, 3.05) is 4.90 Å². The normalized spacial score (nSPS) is 10.2. The molecule has 0 amide bonds. The summed E-state index contributed by atoms with van der Waals surface area (Å²) in [4.78, 5) is 11.4. The first-order valence-electron chi connectivity index (χ1n) is 5.11. The smallest absolute Gasteiger partial charge is 0.183 e. The minimum absolute atomic E-state index is 0.557. The minimum atomic E-state index is 0.557. The summed E-state index contributed by atoms with van der Waals surface area (Å²) in [5, 5.41) is 0. The zero-order valence-corrected chi connectivity index (χ0v) is 11.0. The number of halogens is 1. The highest BCUT2D eigenvalue weighted by Crippen LogP contribution is 2.23. The van der Waals surface area contributed by atoms with Crippen LogP contribution in [0.1, 0.15) is 10.4 Å². The third-order valence-electron chi connectivity index (χ3n) is 2.33. The van der Waals surface area contributed by atoms with Gasteiger partial charge in [-0.25, -0.2) is 9.97 Å². The summed E-state index contributed by atoms with van der Waals surface area (Å²) in [6.45, 7) is 6.53. The van der Waals surface area contributed by atoms with Crippen molar-refractivity contribution in [3.05, 3.63) is 52.2 Å². The fourth-order valence-electron chi connectivity index (χ4n) is 1.53. The first kappa shape index (κ1) is 12.1. The summed E-state index contributed by atoms with van der Waals surface area (Å²) >= 11 is 7.28. The van der Waals surface area contributed by atoms with Crippen LogP contribution in [0, 0.1) is 6.92 Å². The van der Waals surface area contributed by atoms with Crippen LogP contribution < -0.4 is 4.90 Å². The van der Waals surface area contributed by atoms with Crippen molar-refractivity contribution in [1.82, 2.24) is 9.97 Å². The van der Waals surface area contributed by atoms with Crippen molar-refractivity contribution in [3.8, 4) is 0 Å². The van der Waals surface area contributed by atoms with Gasteiger partial charge in [-0.05, 0) is 24.8 Å². The second-order valence-electron chi connectivity index (χ2n) is 3.53. The fraction of sp³-hybridized carbons (Fsp3) is 0.167. The Balaban J connectivity index is 2.23. The molecule has 0 fully saturated rings. The zero-order valence-electron chi connectivity index (χ0n) is 9.43. The largest absolute Gasteiger partial charge is 0.328 e. The third kappa shape index (κ3) is 2.84. The van der Waals surface area contributed by atoms with Crippen molar-refractivity contribution in [2.45, 2.75) is 13.5 Å². The molecule has 2 heterocycles. The number of aromatic nitrogens is 2. The molecule has 0 N–H and O–H groups in total.